The molecule has 0 heterocycles. The quantitative estimate of drug-likeness (QED) is 0.569. The number of nitrogens with one attached hydrogen (secondary N) is 2. The molecule has 0 bridgehead atoms. The minimum Gasteiger partial charge on any atom is -0.497 e. The SMILES string of the molecule is CCN(CC(=O)O)C1CC(NC(=O)NCCc2ccc(OC)cc2OC)C1. The molecule has 150 valence electrons. The number of carbonyl (C=O) groups is 2. The topological polar surface area (TPSA) is 100 Å². The highest BCUT2D eigenvalue weighted by Crippen LogP contribution is 2.26. The van der Waals surface area contributed by atoms with Gasteiger partial charge < -0.3 is 25.2 Å². The van der Waals surface area contributed by atoms with Crippen molar-refractivity contribution in [3.05, 3.63) is 23.8 Å². The summed E-state index contributed by atoms with van der Waals surface area (Å²) in [5.41, 5.74) is 0.995. The first-order valence-corrected chi connectivity index (χ1v) is 9.17. The summed E-state index contributed by atoms with van der Waals surface area (Å²) in [5, 5.41) is 14.7. The highest BCUT2D eigenvalue weighted by molar-refractivity contribution is 5.74. The number of methoxy groups -OCH3 is 2. The fourth-order valence-electron chi connectivity index (χ4n) is 3.28. The van der Waals surface area contributed by atoms with Crippen LogP contribution in [0.5, 0.6) is 11.5 Å². The lowest BCUT2D eigenvalue weighted by atomic mass is 9.85. The van der Waals surface area contributed by atoms with Gasteiger partial charge in [-0.1, -0.05) is 13.0 Å². The van der Waals surface area contributed by atoms with Crippen molar-refractivity contribution < 1.29 is 24.2 Å². The van der Waals surface area contributed by atoms with Crippen LogP contribution in [0.1, 0.15) is 25.3 Å². The Balaban J connectivity index is 1.70. The molecule has 0 spiro atoms. The number of benzene rings is 1. The third-order valence-corrected chi connectivity index (χ3v) is 4.88. The van der Waals surface area contributed by atoms with Crippen LogP contribution in [0.2, 0.25) is 0 Å². The summed E-state index contributed by atoms with van der Waals surface area (Å²) in [7, 11) is 3.21. The predicted molar refractivity (Wildman–Crippen MR) is 101 cm³/mol. The summed E-state index contributed by atoms with van der Waals surface area (Å²) < 4.78 is 10.5. The summed E-state index contributed by atoms with van der Waals surface area (Å²) in [6.45, 7) is 3.18. The van der Waals surface area contributed by atoms with E-state index in [1.54, 1.807) is 14.2 Å². The van der Waals surface area contributed by atoms with E-state index in [0.717, 1.165) is 29.9 Å². The number of carboxylic acid groups (broad SMARTS) is 1. The van der Waals surface area contributed by atoms with Crippen molar-refractivity contribution in [3.63, 3.8) is 0 Å². The first-order valence-electron chi connectivity index (χ1n) is 9.17. The first kappa shape index (κ1) is 20.8. The highest BCUT2D eigenvalue weighted by Gasteiger charge is 2.34. The molecule has 1 saturated carbocycles. The number of aliphatic carboxylic acids is 1. The molecule has 0 radical (unpaired) electrons. The number of ether oxygens (including phenoxy) is 2. The molecule has 2 amide bonds. The Morgan fingerprint density at radius 3 is 2.59 bits per heavy atom. The zero-order chi connectivity index (χ0) is 19.8. The molecule has 0 unspecified atom stereocenters. The molecule has 8 heteroatoms. The smallest absolute Gasteiger partial charge is 0.317 e. The molecule has 0 saturated heterocycles. The van der Waals surface area contributed by atoms with Crippen molar-refractivity contribution in [2.75, 3.05) is 33.9 Å². The predicted octanol–water partition coefficient (Wildman–Crippen LogP) is 1.48. The van der Waals surface area contributed by atoms with Gasteiger partial charge >= 0.3 is 12.0 Å². The minimum atomic E-state index is -0.819. The lowest BCUT2D eigenvalue weighted by Gasteiger charge is -2.42. The maximum absolute atomic E-state index is 12.0. The zero-order valence-electron chi connectivity index (χ0n) is 16.2. The van der Waals surface area contributed by atoms with Crippen LogP contribution >= 0.6 is 0 Å². The van der Waals surface area contributed by atoms with Gasteiger partial charge in [-0.15, -0.1) is 0 Å². The average molecular weight is 379 g/mol. The summed E-state index contributed by atoms with van der Waals surface area (Å²) >= 11 is 0. The number of likely N-dealkylation sites (N-methyl/N-ethyl adjacent to an activating group) is 1. The van der Waals surface area contributed by atoms with E-state index in [1.165, 1.54) is 0 Å². The molecule has 1 fully saturated rings. The van der Waals surface area contributed by atoms with E-state index < -0.39 is 5.97 Å². The van der Waals surface area contributed by atoms with Crippen LogP contribution < -0.4 is 20.1 Å². The Labute approximate surface area is 159 Å². The number of carboxylic acids is 1. The fraction of sp³-hybridized carbons (Fsp3) is 0.579. The van der Waals surface area contributed by atoms with Gasteiger partial charge in [-0.3, -0.25) is 9.69 Å². The Kier molecular flexibility index (Phi) is 7.72. The van der Waals surface area contributed by atoms with Crippen molar-refractivity contribution in [1.82, 2.24) is 15.5 Å². The van der Waals surface area contributed by atoms with Gasteiger partial charge in [-0.25, -0.2) is 4.79 Å². The van der Waals surface area contributed by atoms with Crippen LogP contribution in [0.3, 0.4) is 0 Å². The van der Waals surface area contributed by atoms with Gasteiger partial charge in [0.15, 0.2) is 0 Å². The number of amides is 2. The number of carbonyl (C=O) groups excluding carboxylic acids is 1. The number of hydrogen-bond acceptors (Lipinski definition) is 5. The molecule has 3 N–H and O–H groups in total. The summed E-state index contributed by atoms with van der Waals surface area (Å²) in [6, 6.07) is 5.72. The second kappa shape index (κ2) is 10.0. The second-order valence-electron chi connectivity index (χ2n) is 6.61. The molecule has 0 aliphatic heterocycles. The van der Waals surface area contributed by atoms with Crippen molar-refractivity contribution >= 4 is 12.0 Å². The fourth-order valence-corrected chi connectivity index (χ4v) is 3.28. The molecule has 1 aromatic rings. The molecule has 0 atom stereocenters. The standard InChI is InChI=1S/C19H29N3O5/c1-4-22(12-18(23)24)15-9-14(10-15)21-19(25)20-8-7-13-5-6-16(26-2)11-17(13)27-3/h5-6,11,14-15H,4,7-10,12H2,1-3H3,(H,23,24)(H2,20,21,25). The molecule has 1 aliphatic carbocycles. The van der Waals surface area contributed by atoms with Gasteiger partial charge in [0.2, 0.25) is 0 Å². The van der Waals surface area contributed by atoms with E-state index in [2.05, 4.69) is 10.6 Å². The maximum Gasteiger partial charge on any atom is 0.317 e. The summed E-state index contributed by atoms with van der Waals surface area (Å²) in [5.74, 6) is 0.640. The van der Waals surface area contributed by atoms with Crippen molar-refractivity contribution in [1.29, 1.82) is 0 Å². The molecular formula is C19H29N3O5. The Morgan fingerprint density at radius 1 is 1.26 bits per heavy atom. The third-order valence-electron chi connectivity index (χ3n) is 4.88. The molecule has 27 heavy (non-hydrogen) atoms. The minimum absolute atomic E-state index is 0.0454. The van der Waals surface area contributed by atoms with Gasteiger partial charge in [-0.2, -0.15) is 0 Å². The summed E-state index contributed by atoms with van der Waals surface area (Å²) in [6.07, 6.45) is 2.21. The number of hydrogen-bond donors (Lipinski definition) is 3. The van der Waals surface area contributed by atoms with Crippen LogP contribution in [0.4, 0.5) is 4.79 Å². The Hall–Kier alpha value is -2.48. The molecule has 1 aromatic carbocycles. The summed E-state index contributed by atoms with van der Waals surface area (Å²) in [4.78, 5) is 24.8. The zero-order valence-corrected chi connectivity index (χ0v) is 16.2. The van der Waals surface area contributed by atoms with Crippen molar-refractivity contribution in [3.8, 4) is 11.5 Å². The van der Waals surface area contributed by atoms with Gasteiger partial charge in [0.1, 0.15) is 11.5 Å². The number of rotatable bonds is 10. The molecule has 0 aromatic heterocycles. The van der Waals surface area contributed by atoms with Crippen molar-refractivity contribution in [2.45, 2.75) is 38.3 Å². The number of urea groups is 1. The van der Waals surface area contributed by atoms with E-state index >= 15 is 0 Å². The van der Waals surface area contributed by atoms with Crippen LogP contribution in [0.25, 0.3) is 0 Å². The van der Waals surface area contributed by atoms with E-state index in [0.29, 0.717) is 19.5 Å². The first-order chi connectivity index (χ1) is 13.0. The van der Waals surface area contributed by atoms with E-state index in [-0.39, 0.29) is 24.7 Å². The molecule has 2 rings (SSSR count). The Morgan fingerprint density at radius 2 is 2.00 bits per heavy atom. The van der Waals surface area contributed by atoms with Crippen molar-refractivity contribution in [2.24, 2.45) is 0 Å². The van der Waals surface area contributed by atoms with Crippen LogP contribution in [-0.2, 0) is 11.2 Å². The van der Waals surface area contributed by atoms with Crippen LogP contribution in [0, 0.1) is 0 Å². The lowest BCUT2D eigenvalue weighted by molar-refractivity contribution is -0.139. The third kappa shape index (κ3) is 6.02. The lowest BCUT2D eigenvalue weighted by Crippen LogP contribution is -2.56. The van der Waals surface area contributed by atoms with Gasteiger partial charge in [0.05, 0.1) is 20.8 Å². The molecule has 8 nitrogen and oxygen atoms in total. The molecular weight excluding hydrogens is 350 g/mol. The highest BCUT2D eigenvalue weighted by atomic mass is 16.5. The van der Waals surface area contributed by atoms with Crippen LogP contribution in [-0.4, -0.2) is 67.9 Å². The van der Waals surface area contributed by atoms with Gasteiger partial charge in [-0.05, 0) is 37.4 Å². The molecule has 1 aliphatic rings. The van der Waals surface area contributed by atoms with E-state index in [9.17, 15) is 9.59 Å². The monoisotopic (exact) mass is 379 g/mol. The van der Waals surface area contributed by atoms with Gasteiger partial charge in [0.25, 0.3) is 0 Å². The van der Waals surface area contributed by atoms with Crippen LogP contribution in [0.15, 0.2) is 18.2 Å². The largest absolute Gasteiger partial charge is 0.497 e. The van der Waals surface area contributed by atoms with E-state index in [1.807, 2.05) is 30.0 Å². The van der Waals surface area contributed by atoms with E-state index in [4.69, 9.17) is 14.6 Å². The van der Waals surface area contributed by atoms with Gasteiger partial charge in [0, 0.05) is 24.7 Å². The number of nitrogens with zero attached hydrogens (tertiary/aromatic N) is 1. The normalized spacial score (nSPS) is 18.5. The Bertz CT molecular complexity index is 646. The maximum atomic E-state index is 12.0. The average Bonchev–Trinajstić information content (AvgIpc) is 2.62. The second-order valence-corrected chi connectivity index (χ2v) is 6.61.